The quantitative estimate of drug-likeness (QED) is 0.762. The molecule has 4 aliphatic rings. The number of rotatable bonds is 2. The summed E-state index contributed by atoms with van der Waals surface area (Å²) >= 11 is 0. The Morgan fingerprint density at radius 2 is 2.04 bits per heavy atom. The number of hydrogen-bond donors (Lipinski definition) is 0. The van der Waals surface area contributed by atoms with E-state index >= 15 is 0 Å². The van der Waals surface area contributed by atoms with Crippen molar-refractivity contribution in [3.05, 3.63) is 70.3 Å². The average molecular weight is 336 g/mol. The molecule has 3 heterocycles. The fraction of sp³-hybridized carbons (Fsp3) is 0.250. The standard InChI is InChI=1S/C20H18NO4/c1-22-15-8-6-12-13-7-9-16-20(25-11-24-16)18(13)21-10-4-3-5-14(21)17(12)19(15)23-2/h3-9,17H,10-11H2,1-2H3/q+1. The van der Waals surface area contributed by atoms with Crippen LogP contribution in [0.1, 0.15) is 0 Å². The van der Waals surface area contributed by atoms with Crippen molar-refractivity contribution in [2.75, 3.05) is 27.6 Å². The highest BCUT2D eigenvalue weighted by Gasteiger charge is 2.41. The zero-order valence-electron chi connectivity index (χ0n) is 14.1. The van der Waals surface area contributed by atoms with Crippen LogP contribution >= 0.6 is 0 Å². The van der Waals surface area contributed by atoms with E-state index in [9.17, 15) is 0 Å². The van der Waals surface area contributed by atoms with Crippen molar-refractivity contribution < 1.29 is 18.9 Å². The second-order valence-electron chi connectivity index (χ2n) is 6.18. The van der Waals surface area contributed by atoms with Crippen LogP contribution in [0.3, 0.4) is 0 Å². The molecule has 0 saturated carbocycles. The number of methoxy groups -OCH3 is 2. The van der Waals surface area contributed by atoms with Crippen LogP contribution in [0.15, 0.2) is 59.7 Å². The summed E-state index contributed by atoms with van der Waals surface area (Å²) in [4.78, 5) is 0. The second kappa shape index (κ2) is 5.28. The van der Waals surface area contributed by atoms with E-state index in [0.29, 0.717) is 0 Å². The maximum atomic E-state index is 5.80. The molecule has 0 aromatic heterocycles. The zero-order valence-corrected chi connectivity index (χ0v) is 14.1. The molecule has 1 aliphatic carbocycles. The van der Waals surface area contributed by atoms with Crippen LogP contribution in [0, 0.1) is 5.92 Å². The first-order valence-electron chi connectivity index (χ1n) is 8.27. The van der Waals surface area contributed by atoms with Gasteiger partial charge >= 0.3 is 0 Å². The molecule has 0 spiro atoms. The third-order valence-electron chi connectivity index (χ3n) is 5.06. The van der Waals surface area contributed by atoms with E-state index in [2.05, 4.69) is 34.9 Å². The van der Waals surface area contributed by atoms with E-state index < -0.39 is 0 Å². The van der Waals surface area contributed by atoms with E-state index in [1.807, 2.05) is 12.1 Å². The molecule has 126 valence electrons. The maximum absolute atomic E-state index is 5.80. The minimum Gasteiger partial charge on any atom is -0.496 e. The van der Waals surface area contributed by atoms with E-state index in [0.717, 1.165) is 45.8 Å². The van der Waals surface area contributed by atoms with Crippen molar-refractivity contribution in [3.8, 4) is 11.5 Å². The lowest BCUT2D eigenvalue weighted by Gasteiger charge is -2.28. The van der Waals surface area contributed by atoms with Gasteiger partial charge in [-0.15, -0.1) is 0 Å². The molecular weight excluding hydrogens is 318 g/mol. The highest BCUT2D eigenvalue weighted by Crippen LogP contribution is 2.38. The van der Waals surface area contributed by atoms with Gasteiger partial charge in [0.05, 0.1) is 19.4 Å². The zero-order chi connectivity index (χ0) is 17.0. The predicted molar refractivity (Wildman–Crippen MR) is 92.2 cm³/mol. The molecule has 0 saturated heterocycles. The number of ether oxygens (including phenoxy) is 4. The molecule has 1 atom stereocenters. The van der Waals surface area contributed by atoms with Crippen LogP contribution in [0.25, 0.3) is 5.57 Å². The minimum atomic E-state index is 0.00257. The van der Waals surface area contributed by atoms with Crippen LogP contribution in [0.5, 0.6) is 11.5 Å². The van der Waals surface area contributed by atoms with Crippen LogP contribution in [-0.4, -0.2) is 27.6 Å². The van der Waals surface area contributed by atoms with Gasteiger partial charge in [-0.2, -0.15) is 4.58 Å². The summed E-state index contributed by atoms with van der Waals surface area (Å²) in [6.07, 6.45) is 10.4. The summed E-state index contributed by atoms with van der Waals surface area (Å²) in [5, 5.41) is 2.21. The summed E-state index contributed by atoms with van der Waals surface area (Å²) in [6.45, 7) is 1.05. The van der Waals surface area contributed by atoms with Crippen molar-refractivity contribution in [2.45, 2.75) is 0 Å². The average Bonchev–Trinajstić information content (AvgIpc) is 3.15. The third kappa shape index (κ3) is 1.86. The Labute approximate surface area is 145 Å². The molecule has 25 heavy (non-hydrogen) atoms. The van der Waals surface area contributed by atoms with E-state index in [1.54, 1.807) is 14.2 Å². The van der Waals surface area contributed by atoms with Crippen molar-refractivity contribution in [3.63, 3.8) is 0 Å². The highest BCUT2D eigenvalue weighted by molar-refractivity contribution is 5.71. The lowest BCUT2D eigenvalue weighted by atomic mass is 9.84. The van der Waals surface area contributed by atoms with E-state index in [4.69, 9.17) is 18.9 Å². The van der Waals surface area contributed by atoms with E-state index in [-0.39, 0.29) is 12.7 Å². The largest absolute Gasteiger partial charge is 0.496 e. The summed E-state index contributed by atoms with van der Waals surface area (Å²) < 4.78 is 25.0. The van der Waals surface area contributed by atoms with Crippen molar-refractivity contribution >= 4 is 5.57 Å². The number of fused-ring (bicyclic) bond motifs is 6. The van der Waals surface area contributed by atoms with Crippen LogP contribution in [0.4, 0.5) is 0 Å². The molecule has 0 radical (unpaired) electrons. The molecular formula is C20H18NO4+. The van der Waals surface area contributed by atoms with Crippen LogP contribution in [0.2, 0.25) is 0 Å². The number of benzene rings is 1. The Morgan fingerprint density at radius 3 is 2.88 bits per heavy atom. The van der Waals surface area contributed by atoms with Gasteiger partial charge in [0.25, 0.3) is 5.36 Å². The lowest BCUT2D eigenvalue weighted by molar-refractivity contribution is 0.172. The number of allylic oxidation sites excluding steroid dienone is 4. The van der Waals surface area contributed by atoms with Gasteiger partial charge in [-0.25, -0.2) is 0 Å². The van der Waals surface area contributed by atoms with Crippen molar-refractivity contribution in [1.29, 1.82) is 0 Å². The molecule has 3 aliphatic heterocycles. The Morgan fingerprint density at radius 1 is 1.12 bits per heavy atom. The molecule has 0 amide bonds. The molecule has 0 bridgehead atoms. The second-order valence-corrected chi connectivity index (χ2v) is 6.18. The lowest BCUT2D eigenvalue weighted by Crippen LogP contribution is -2.49. The molecule has 5 nitrogen and oxygen atoms in total. The van der Waals surface area contributed by atoms with Gasteiger partial charge in [0.15, 0.2) is 29.5 Å². The topological polar surface area (TPSA) is 39.9 Å². The van der Waals surface area contributed by atoms with Gasteiger partial charge in [-0.1, -0.05) is 12.2 Å². The molecule has 1 aromatic rings. The molecule has 5 heteroatoms. The minimum absolute atomic E-state index is 0.00257. The first kappa shape index (κ1) is 14.4. The number of nitrogens with zero attached hydrogens (tertiary/aromatic N) is 1. The van der Waals surface area contributed by atoms with Gasteiger partial charge in [0.2, 0.25) is 12.5 Å². The highest BCUT2D eigenvalue weighted by atomic mass is 16.7. The van der Waals surface area contributed by atoms with Gasteiger partial charge in [-0.3, -0.25) is 0 Å². The summed E-state index contributed by atoms with van der Waals surface area (Å²) in [7, 11) is 3.37. The number of hydrogen-bond acceptors (Lipinski definition) is 4. The Bertz CT molecular complexity index is 1030. The first-order valence-corrected chi connectivity index (χ1v) is 8.27. The van der Waals surface area contributed by atoms with Crippen LogP contribution in [-0.2, 0) is 9.47 Å². The Balaban J connectivity index is 1.92. The summed E-state index contributed by atoms with van der Waals surface area (Å²) in [6, 6.07) is 4.09. The fourth-order valence-corrected chi connectivity index (χ4v) is 4.01. The summed E-state index contributed by atoms with van der Waals surface area (Å²) in [5.74, 6) is 3.21. The van der Waals surface area contributed by atoms with Gasteiger partial charge in [0.1, 0.15) is 5.92 Å². The molecule has 0 N–H and O–H groups in total. The van der Waals surface area contributed by atoms with Gasteiger partial charge in [0, 0.05) is 6.08 Å². The fourth-order valence-electron chi connectivity index (χ4n) is 4.01. The Hall–Kier alpha value is -2.95. The van der Waals surface area contributed by atoms with E-state index in [1.165, 1.54) is 5.57 Å². The predicted octanol–water partition coefficient (Wildman–Crippen LogP) is 1.21. The van der Waals surface area contributed by atoms with Crippen molar-refractivity contribution in [1.82, 2.24) is 4.58 Å². The SMILES string of the molecule is COC1=C(OC)C2C3=CC=CC[N+]3=c3c4c(ccc3=C2C=C1)OCO4. The summed E-state index contributed by atoms with van der Waals surface area (Å²) in [5.41, 5.74) is 2.34. The van der Waals surface area contributed by atoms with Gasteiger partial charge < -0.3 is 18.9 Å². The first-order chi connectivity index (χ1) is 12.3. The molecule has 1 aromatic carbocycles. The Kier molecular flexibility index (Phi) is 3.04. The van der Waals surface area contributed by atoms with Gasteiger partial charge in [-0.05, 0) is 29.9 Å². The maximum Gasteiger partial charge on any atom is 0.259 e. The van der Waals surface area contributed by atoms with Crippen LogP contribution < -0.4 is 24.6 Å². The normalized spacial score (nSPS) is 22.3. The van der Waals surface area contributed by atoms with Crippen molar-refractivity contribution in [2.24, 2.45) is 5.92 Å². The molecule has 5 rings (SSSR count). The third-order valence-corrected chi connectivity index (χ3v) is 5.06. The molecule has 0 fully saturated rings. The smallest absolute Gasteiger partial charge is 0.259 e. The molecule has 1 unspecified atom stereocenters. The monoisotopic (exact) mass is 336 g/mol.